The van der Waals surface area contributed by atoms with Crippen LogP contribution < -0.4 is 5.32 Å². The van der Waals surface area contributed by atoms with E-state index in [1.165, 1.54) is 18.4 Å². The first-order valence-corrected chi connectivity index (χ1v) is 7.96. The summed E-state index contributed by atoms with van der Waals surface area (Å²) in [5.74, 6) is 0.302. The zero-order valence-corrected chi connectivity index (χ0v) is 13.7. The van der Waals surface area contributed by atoms with E-state index in [-0.39, 0.29) is 18.4 Å². The zero-order valence-electron chi connectivity index (χ0n) is 12.9. The fourth-order valence-electron chi connectivity index (χ4n) is 3.16. The van der Waals surface area contributed by atoms with Crippen LogP contribution in [0.4, 0.5) is 0 Å². The maximum atomic E-state index is 12.5. The smallest absolute Gasteiger partial charge is 0.239 e. The number of hydrogen-bond donors (Lipinski definition) is 1. The lowest BCUT2D eigenvalue weighted by molar-refractivity contribution is -0.135. The second-order valence-electron chi connectivity index (χ2n) is 5.97. The minimum atomic E-state index is 0. The van der Waals surface area contributed by atoms with Crippen molar-refractivity contribution in [2.24, 2.45) is 0 Å². The standard InChI is InChI=1S/C16H24N4O.ClH/c21-16(15-5-1-2-7-18-15)20-10-8-19(9-11-20)13-14-4-3-6-17-12-14;/h3-4,6,12,15,18H,1-2,5,7-11,13H2;1H/t15-;/m1./s1. The van der Waals surface area contributed by atoms with Gasteiger partial charge in [-0.05, 0) is 31.0 Å². The van der Waals surface area contributed by atoms with Crippen LogP contribution in [0.5, 0.6) is 0 Å². The molecule has 2 saturated heterocycles. The second kappa shape index (κ2) is 8.46. The summed E-state index contributed by atoms with van der Waals surface area (Å²) in [4.78, 5) is 21.0. The predicted molar refractivity (Wildman–Crippen MR) is 89.0 cm³/mol. The van der Waals surface area contributed by atoms with Gasteiger partial charge in [0.25, 0.3) is 0 Å². The number of carbonyl (C=O) groups is 1. The number of nitrogens with one attached hydrogen (secondary N) is 1. The van der Waals surface area contributed by atoms with Gasteiger partial charge in [-0.1, -0.05) is 12.5 Å². The highest BCUT2D eigenvalue weighted by atomic mass is 35.5. The number of carbonyl (C=O) groups excluding carboxylic acids is 1. The molecule has 0 aromatic carbocycles. The minimum absolute atomic E-state index is 0. The third-order valence-corrected chi connectivity index (χ3v) is 4.42. The molecular formula is C16H25ClN4O. The van der Waals surface area contributed by atoms with Crippen molar-refractivity contribution in [2.45, 2.75) is 31.8 Å². The number of piperazine rings is 1. The van der Waals surface area contributed by atoms with Crippen LogP contribution in [0.2, 0.25) is 0 Å². The van der Waals surface area contributed by atoms with Gasteiger partial charge in [0.1, 0.15) is 0 Å². The molecule has 5 nitrogen and oxygen atoms in total. The molecule has 3 heterocycles. The Balaban J connectivity index is 0.00000176. The molecule has 0 saturated carbocycles. The van der Waals surface area contributed by atoms with Crippen LogP contribution in [0.25, 0.3) is 0 Å². The molecule has 0 unspecified atom stereocenters. The van der Waals surface area contributed by atoms with Crippen LogP contribution >= 0.6 is 12.4 Å². The predicted octanol–water partition coefficient (Wildman–Crippen LogP) is 1.29. The van der Waals surface area contributed by atoms with Gasteiger partial charge in [0, 0.05) is 45.1 Å². The van der Waals surface area contributed by atoms with Gasteiger partial charge in [0.2, 0.25) is 5.91 Å². The van der Waals surface area contributed by atoms with Crippen molar-refractivity contribution in [3.63, 3.8) is 0 Å². The topological polar surface area (TPSA) is 48.5 Å². The summed E-state index contributed by atoms with van der Waals surface area (Å²) in [6.07, 6.45) is 7.09. The van der Waals surface area contributed by atoms with Crippen molar-refractivity contribution in [3.05, 3.63) is 30.1 Å². The average molecular weight is 325 g/mol. The quantitative estimate of drug-likeness (QED) is 0.910. The van der Waals surface area contributed by atoms with Crippen molar-refractivity contribution in [2.75, 3.05) is 32.7 Å². The molecule has 0 bridgehead atoms. The summed E-state index contributed by atoms with van der Waals surface area (Å²) >= 11 is 0. The molecular weight excluding hydrogens is 300 g/mol. The van der Waals surface area contributed by atoms with E-state index in [0.717, 1.165) is 45.7 Å². The van der Waals surface area contributed by atoms with Gasteiger partial charge in [-0.2, -0.15) is 0 Å². The van der Waals surface area contributed by atoms with Gasteiger partial charge in [-0.15, -0.1) is 12.4 Å². The number of halogens is 1. The Hall–Kier alpha value is -1.17. The van der Waals surface area contributed by atoms with Gasteiger partial charge >= 0.3 is 0 Å². The van der Waals surface area contributed by atoms with E-state index in [9.17, 15) is 4.79 Å². The summed E-state index contributed by atoms with van der Waals surface area (Å²) in [6.45, 7) is 5.50. The molecule has 0 spiro atoms. The van der Waals surface area contributed by atoms with Crippen LogP contribution in [0.15, 0.2) is 24.5 Å². The summed E-state index contributed by atoms with van der Waals surface area (Å²) in [5, 5.41) is 3.35. The van der Waals surface area contributed by atoms with Crippen LogP contribution in [0, 0.1) is 0 Å². The van der Waals surface area contributed by atoms with Crippen molar-refractivity contribution in [1.29, 1.82) is 0 Å². The van der Waals surface area contributed by atoms with E-state index in [2.05, 4.69) is 21.3 Å². The number of hydrogen-bond acceptors (Lipinski definition) is 4. The molecule has 1 atom stereocenters. The van der Waals surface area contributed by atoms with Crippen molar-refractivity contribution in [1.82, 2.24) is 20.1 Å². The second-order valence-corrected chi connectivity index (χ2v) is 5.97. The Labute approximate surface area is 138 Å². The summed E-state index contributed by atoms with van der Waals surface area (Å²) < 4.78 is 0. The first-order valence-electron chi connectivity index (χ1n) is 7.96. The van der Waals surface area contributed by atoms with E-state index in [0.29, 0.717) is 5.91 Å². The Bertz CT molecular complexity index is 456. The first kappa shape index (κ1) is 17.2. The van der Waals surface area contributed by atoms with E-state index in [1.54, 1.807) is 6.20 Å². The summed E-state index contributed by atoms with van der Waals surface area (Å²) in [5.41, 5.74) is 1.24. The number of rotatable bonds is 3. The Kier molecular flexibility index (Phi) is 6.61. The highest BCUT2D eigenvalue weighted by Crippen LogP contribution is 2.13. The lowest BCUT2D eigenvalue weighted by atomic mass is 10.0. The van der Waals surface area contributed by atoms with E-state index < -0.39 is 0 Å². The molecule has 22 heavy (non-hydrogen) atoms. The number of piperidine rings is 1. The van der Waals surface area contributed by atoms with Gasteiger partial charge in [0.15, 0.2) is 0 Å². The maximum Gasteiger partial charge on any atom is 0.239 e. The number of aromatic nitrogens is 1. The summed E-state index contributed by atoms with van der Waals surface area (Å²) in [6, 6.07) is 4.14. The fourth-order valence-corrected chi connectivity index (χ4v) is 3.16. The maximum absolute atomic E-state index is 12.5. The van der Waals surface area contributed by atoms with Crippen molar-refractivity contribution in [3.8, 4) is 0 Å². The monoisotopic (exact) mass is 324 g/mol. The molecule has 2 fully saturated rings. The van der Waals surface area contributed by atoms with Crippen molar-refractivity contribution >= 4 is 18.3 Å². The van der Waals surface area contributed by atoms with Gasteiger partial charge in [-0.3, -0.25) is 14.7 Å². The number of nitrogens with zero attached hydrogens (tertiary/aromatic N) is 3. The highest BCUT2D eigenvalue weighted by Gasteiger charge is 2.28. The SMILES string of the molecule is Cl.O=C([C@H]1CCCCN1)N1CCN(Cc2cccnc2)CC1. The Morgan fingerprint density at radius 1 is 1.27 bits per heavy atom. The van der Waals surface area contributed by atoms with E-state index >= 15 is 0 Å². The van der Waals surface area contributed by atoms with Crippen LogP contribution in [-0.2, 0) is 11.3 Å². The van der Waals surface area contributed by atoms with Crippen LogP contribution in [0.3, 0.4) is 0 Å². The van der Waals surface area contributed by atoms with Gasteiger partial charge in [0.05, 0.1) is 6.04 Å². The van der Waals surface area contributed by atoms with E-state index in [4.69, 9.17) is 0 Å². The Morgan fingerprint density at radius 3 is 2.73 bits per heavy atom. The summed E-state index contributed by atoms with van der Waals surface area (Å²) in [7, 11) is 0. The third-order valence-electron chi connectivity index (χ3n) is 4.42. The highest BCUT2D eigenvalue weighted by molar-refractivity contribution is 5.85. The number of pyridine rings is 1. The van der Waals surface area contributed by atoms with Crippen molar-refractivity contribution < 1.29 is 4.79 Å². The van der Waals surface area contributed by atoms with Gasteiger partial charge in [-0.25, -0.2) is 0 Å². The first-order chi connectivity index (χ1) is 10.3. The third kappa shape index (κ3) is 4.41. The molecule has 1 amide bonds. The lowest BCUT2D eigenvalue weighted by Gasteiger charge is -2.37. The normalized spacial score (nSPS) is 22.9. The molecule has 0 radical (unpaired) electrons. The molecule has 122 valence electrons. The molecule has 2 aliphatic heterocycles. The average Bonchev–Trinajstić information content (AvgIpc) is 2.57. The van der Waals surface area contributed by atoms with Crippen LogP contribution in [-0.4, -0.2) is 59.5 Å². The molecule has 1 N–H and O–H groups in total. The lowest BCUT2D eigenvalue weighted by Crippen LogP contribution is -2.54. The molecule has 6 heteroatoms. The number of amides is 1. The molecule has 3 rings (SSSR count). The van der Waals surface area contributed by atoms with Crippen LogP contribution in [0.1, 0.15) is 24.8 Å². The molecule has 1 aromatic heterocycles. The van der Waals surface area contributed by atoms with E-state index in [1.807, 2.05) is 17.2 Å². The van der Waals surface area contributed by atoms with Gasteiger partial charge < -0.3 is 10.2 Å². The molecule has 1 aromatic rings. The minimum Gasteiger partial charge on any atom is -0.339 e. The fraction of sp³-hybridized carbons (Fsp3) is 0.625. The molecule has 2 aliphatic rings. The Morgan fingerprint density at radius 2 is 2.09 bits per heavy atom. The molecule has 0 aliphatic carbocycles. The zero-order chi connectivity index (χ0) is 14.5. The largest absolute Gasteiger partial charge is 0.339 e.